The summed E-state index contributed by atoms with van der Waals surface area (Å²) in [5, 5.41) is 2.83. The largest absolute Gasteiger partial charge is 0.454 e. The molecule has 6 nitrogen and oxygen atoms in total. The Labute approximate surface area is 159 Å². The van der Waals surface area contributed by atoms with Crippen molar-refractivity contribution in [2.45, 2.75) is 6.54 Å². The summed E-state index contributed by atoms with van der Waals surface area (Å²) in [5.41, 5.74) is 0.874. The number of rotatable bonds is 3. The van der Waals surface area contributed by atoms with Crippen LogP contribution in [-0.4, -0.2) is 43.9 Å². The van der Waals surface area contributed by atoms with E-state index in [0.29, 0.717) is 44.2 Å². The van der Waals surface area contributed by atoms with Gasteiger partial charge in [-0.2, -0.15) is 0 Å². The van der Waals surface area contributed by atoms with E-state index >= 15 is 0 Å². The van der Waals surface area contributed by atoms with E-state index in [9.17, 15) is 18.0 Å². The van der Waals surface area contributed by atoms with E-state index in [1.54, 1.807) is 15.9 Å². The van der Waals surface area contributed by atoms with Crippen LogP contribution < -0.4 is 19.7 Å². The summed E-state index contributed by atoms with van der Waals surface area (Å²) in [4.78, 5) is 15.6. The lowest BCUT2D eigenvalue weighted by molar-refractivity contribution is 0.174. The topological polar surface area (TPSA) is 54.0 Å². The fourth-order valence-corrected chi connectivity index (χ4v) is 3.25. The van der Waals surface area contributed by atoms with Crippen LogP contribution in [0, 0.1) is 17.5 Å². The normalized spacial score (nSPS) is 15.7. The summed E-state index contributed by atoms with van der Waals surface area (Å²) in [7, 11) is 0. The molecule has 1 saturated heterocycles. The van der Waals surface area contributed by atoms with Crippen LogP contribution in [0.3, 0.4) is 0 Å². The summed E-state index contributed by atoms with van der Waals surface area (Å²) in [6.07, 6.45) is 0. The van der Waals surface area contributed by atoms with Crippen LogP contribution in [0.4, 0.5) is 23.7 Å². The third kappa shape index (κ3) is 3.51. The number of amides is 2. The summed E-state index contributed by atoms with van der Waals surface area (Å²) in [5.74, 6) is -2.59. The quantitative estimate of drug-likeness (QED) is 0.815. The molecular formula is C19H18F3N3O3. The van der Waals surface area contributed by atoms with Crippen molar-refractivity contribution in [3.05, 3.63) is 53.3 Å². The van der Waals surface area contributed by atoms with Crippen molar-refractivity contribution in [2.75, 3.05) is 37.9 Å². The van der Waals surface area contributed by atoms with Gasteiger partial charge in [-0.15, -0.1) is 0 Å². The van der Waals surface area contributed by atoms with Crippen LogP contribution in [0.5, 0.6) is 11.5 Å². The van der Waals surface area contributed by atoms with Crippen LogP contribution in [0.1, 0.15) is 5.56 Å². The molecule has 2 amide bonds. The van der Waals surface area contributed by atoms with Crippen molar-refractivity contribution >= 4 is 11.7 Å². The van der Waals surface area contributed by atoms with E-state index in [0.717, 1.165) is 11.6 Å². The molecule has 0 aromatic heterocycles. The van der Waals surface area contributed by atoms with E-state index in [-0.39, 0.29) is 18.5 Å². The standard InChI is InChI=1S/C19H18F3N3O3/c20-13-2-3-14(18(22)17(13)21)24-5-7-25(8-6-24)19(26)23-10-12-1-4-15-16(9-12)28-11-27-15/h1-4,9H,5-8,10-11H2,(H,23,26). The Kier molecular flexibility index (Phi) is 4.89. The van der Waals surface area contributed by atoms with Crippen molar-refractivity contribution in [3.63, 3.8) is 0 Å². The third-order valence-corrected chi connectivity index (χ3v) is 4.80. The van der Waals surface area contributed by atoms with Crippen molar-refractivity contribution in [3.8, 4) is 11.5 Å². The molecule has 0 bridgehead atoms. The molecule has 4 rings (SSSR count). The van der Waals surface area contributed by atoms with Crippen LogP contribution >= 0.6 is 0 Å². The summed E-state index contributed by atoms with van der Waals surface area (Å²) in [6.45, 7) is 1.83. The number of nitrogens with zero attached hydrogens (tertiary/aromatic N) is 2. The lowest BCUT2D eigenvalue weighted by Crippen LogP contribution is -2.52. The highest BCUT2D eigenvalue weighted by atomic mass is 19.2. The van der Waals surface area contributed by atoms with Gasteiger partial charge in [0, 0.05) is 32.7 Å². The van der Waals surface area contributed by atoms with E-state index in [2.05, 4.69) is 5.32 Å². The Hall–Kier alpha value is -3.10. The van der Waals surface area contributed by atoms with Gasteiger partial charge in [0.15, 0.2) is 29.0 Å². The molecule has 28 heavy (non-hydrogen) atoms. The van der Waals surface area contributed by atoms with Gasteiger partial charge in [-0.1, -0.05) is 6.07 Å². The second-order valence-electron chi connectivity index (χ2n) is 6.51. The van der Waals surface area contributed by atoms with Gasteiger partial charge in [-0.3, -0.25) is 0 Å². The Bertz CT molecular complexity index is 901. The number of anilines is 1. The number of ether oxygens (including phenoxy) is 2. The average Bonchev–Trinajstić information content (AvgIpc) is 3.18. The first-order chi connectivity index (χ1) is 13.5. The number of piperazine rings is 1. The lowest BCUT2D eigenvalue weighted by atomic mass is 10.2. The fourth-order valence-electron chi connectivity index (χ4n) is 3.25. The van der Waals surface area contributed by atoms with Crippen LogP contribution in [-0.2, 0) is 6.54 Å². The maximum Gasteiger partial charge on any atom is 0.317 e. The Balaban J connectivity index is 1.31. The predicted octanol–water partition coefficient (Wildman–Crippen LogP) is 2.86. The molecule has 1 N–H and O–H groups in total. The molecule has 0 aliphatic carbocycles. The second-order valence-corrected chi connectivity index (χ2v) is 6.51. The molecule has 148 valence electrons. The number of carbonyl (C=O) groups is 1. The van der Waals surface area contributed by atoms with Gasteiger partial charge in [0.2, 0.25) is 6.79 Å². The fraction of sp³-hybridized carbons (Fsp3) is 0.316. The second kappa shape index (κ2) is 7.49. The molecule has 0 saturated carbocycles. The molecule has 2 aromatic carbocycles. The highest BCUT2D eigenvalue weighted by Crippen LogP contribution is 2.32. The molecule has 1 fully saturated rings. The number of halogens is 3. The number of fused-ring (bicyclic) bond motifs is 1. The van der Waals surface area contributed by atoms with Gasteiger partial charge in [0.1, 0.15) is 0 Å². The van der Waals surface area contributed by atoms with Crippen LogP contribution in [0.25, 0.3) is 0 Å². The minimum Gasteiger partial charge on any atom is -0.454 e. The number of hydrogen-bond donors (Lipinski definition) is 1. The number of nitrogens with one attached hydrogen (secondary N) is 1. The zero-order chi connectivity index (χ0) is 19.7. The summed E-state index contributed by atoms with van der Waals surface area (Å²) >= 11 is 0. The molecule has 0 unspecified atom stereocenters. The minimum atomic E-state index is -1.48. The van der Waals surface area contributed by atoms with E-state index < -0.39 is 17.5 Å². The van der Waals surface area contributed by atoms with Gasteiger partial charge in [0.05, 0.1) is 5.69 Å². The monoisotopic (exact) mass is 393 g/mol. The van der Waals surface area contributed by atoms with Crippen molar-refractivity contribution < 1.29 is 27.4 Å². The molecular weight excluding hydrogens is 375 g/mol. The SMILES string of the molecule is O=C(NCc1ccc2c(c1)OCO2)N1CCN(c2ccc(F)c(F)c2F)CC1. The molecule has 9 heteroatoms. The number of carbonyl (C=O) groups excluding carboxylic acids is 1. The Morgan fingerprint density at radius 1 is 0.964 bits per heavy atom. The predicted molar refractivity (Wildman–Crippen MR) is 94.9 cm³/mol. The zero-order valence-electron chi connectivity index (χ0n) is 14.9. The van der Waals surface area contributed by atoms with E-state index in [4.69, 9.17) is 9.47 Å². The molecule has 0 radical (unpaired) electrons. The highest BCUT2D eigenvalue weighted by Gasteiger charge is 2.25. The molecule has 2 aliphatic rings. The van der Waals surface area contributed by atoms with Crippen molar-refractivity contribution in [1.82, 2.24) is 10.2 Å². The number of urea groups is 1. The van der Waals surface area contributed by atoms with Gasteiger partial charge in [-0.25, -0.2) is 18.0 Å². The first-order valence-electron chi connectivity index (χ1n) is 8.82. The average molecular weight is 393 g/mol. The van der Waals surface area contributed by atoms with Gasteiger partial charge < -0.3 is 24.6 Å². The van der Waals surface area contributed by atoms with Gasteiger partial charge in [0.25, 0.3) is 0 Å². The summed E-state index contributed by atoms with van der Waals surface area (Å²) < 4.78 is 51.0. The number of benzene rings is 2. The highest BCUT2D eigenvalue weighted by molar-refractivity contribution is 5.74. The van der Waals surface area contributed by atoms with E-state index in [1.807, 2.05) is 12.1 Å². The molecule has 2 aliphatic heterocycles. The maximum absolute atomic E-state index is 13.9. The van der Waals surface area contributed by atoms with E-state index in [1.165, 1.54) is 6.07 Å². The molecule has 2 heterocycles. The van der Waals surface area contributed by atoms with Crippen LogP contribution in [0.15, 0.2) is 30.3 Å². The first kappa shape index (κ1) is 18.3. The smallest absolute Gasteiger partial charge is 0.317 e. The first-order valence-corrected chi connectivity index (χ1v) is 8.82. The third-order valence-electron chi connectivity index (χ3n) is 4.80. The number of hydrogen-bond acceptors (Lipinski definition) is 4. The molecule has 0 spiro atoms. The Morgan fingerprint density at radius 3 is 2.50 bits per heavy atom. The van der Waals surface area contributed by atoms with Crippen LogP contribution in [0.2, 0.25) is 0 Å². The Morgan fingerprint density at radius 2 is 1.71 bits per heavy atom. The molecule has 0 atom stereocenters. The van der Waals surface area contributed by atoms with Crippen molar-refractivity contribution in [1.29, 1.82) is 0 Å². The van der Waals surface area contributed by atoms with Gasteiger partial charge >= 0.3 is 6.03 Å². The van der Waals surface area contributed by atoms with Crippen molar-refractivity contribution in [2.24, 2.45) is 0 Å². The van der Waals surface area contributed by atoms with Gasteiger partial charge in [-0.05, 0) is 29.8 Å². The zero-order valence-corrected chi connectivity index (χ0v) is 14.9. The molecule has 2 aromatic rings. The maximum atomic E-state index is 13.9. The lowest BCUT2D eigenvalue weighted by Gasteiger charge is -2.36. The summed E-state index contributed by atoms with van der Waals surface area (Å²) in [6, 6.07) is 7.31. The minimum absolute atomic E-state index is 0.000631.